The van der Waals surface area contributed by atoms with Gasteiger partial charge in [0.1, 0.15) is 5.97 Å². The SMILES string of the molecule is Cc1cc(C)c([C@](C)([NH3+])C(=O)[O-])c(C)c1. The molecule has 0 aliphatic heterocycles. The molecule has 3 heteroatoms. The highest BCUT2D eigenvalue weighted by Gasteiger charge is 2.30. The molecule has 0 unspecified atom stereocenters. The summed E-state index contributed by atoms with van der Waals surface area (Å²) in [6.45, 7) is 7.37. The molecule has 82 valence electrons. The number of quaternary nitrogens is 1. The fourth-order valence-corrected chi connectivity index (χ4v) is 2.15. The molecule has 1 rings (SSSR count). The Hall–Kier alpha value is -1.35. The molecule has 0 fully saturated rings. The van der Waals surface area contributed by atoms with Gasteiger partial charge in [0.25, 0.3) is 0 Å². The molecule has 0 amide bonds. The molecule has 0 saturated carbocycles. The zero-order valence-electron chi connectivity index (χ0n) is 9.68. The zero-order valence-corrected chi connectivity index (χ0v) is 9.68. The maximum atomic E-state index is 11.0. The number of carboxylic acid groups (broad SMARTS) is 1. The van der Waals surface area contributed by atoms with Crippen molar-refractivity contribution in [3.05, 3.63) is 34.4 Å². The van der Waals surface area contributed by atoms with E-state index < -0.39 is 11.5 Å². The van der Waals surface area contributed by atoms with Crippen molar-refractivity contribution in [3.8, 4) is 0 Å². The van der Waals surface area contributed by atoms with E-state index in [2.05, 4.69) is 5.73 Å². The van der Waals surface area contributed by atoms with Crippen molar-refractivity contribution >= 4 is 5.97 Å². The number of carbonyl (C=O) groups is 1. The van der Waals surface area contributed by atoms with Gasteiger partial charge in [-0.2, -0.15) is 0 Å². The maximum absolute atomic E-state index is 11.0. The van der Waals surface area contributed by atoms with Crippen molar-refractivity contribution in [2.45, 2.75) is 33.2 Å². The van der Waals surface area contributed by atoms with Gasteiger partial charge in [-0.1, -0.05) is 17.7 Å². The molecule has 15 heavy (non-hydrogen) atoms. The highest BCUT2D eigenvalue weighted by atomic mass is 16.4. The fourth-order valence-electron chi connectivity index (χ4n) is 2.15. The lowest BCUT2D eigenvalue weighted by Crippen LogP contribution is -2.75. The average Bonchev–Trinajstić information content (AvgIpc) is 2.00. The molecule has 0 aliphatic rings. The van der Waals surface area contributed by atoms with Crippen LogP contribution in [0.1, 0.15) is 29.2 Å². The molecule has 0 spiro atoms. The first-order valence-corrected chi connectivity index (χ1v) is 4.92. The van der Waals surface area contributed by atoms with Crippen molar-refractivity contribution in [2.75, 3.05) is 0 Å². The van der Waals surface area contributed by atoms with Crippen LogP contribution in [-0.2, 0) is 10.3 Å². The van der Waals surface area contributed by atoms with Crippen LogP contribution in [0.5, 0.6) is 0 Å². The first-order chi connectivity index (χ1) is 6.76. The number of hydrogen-bond acceptors (Lipinski definition) is 2. The summed E-state index contributed by atoms with van der Waals surface area (Å²) in [4.78, 5) is 11.0. The van der Waals surface area contributed by atoms with Crippen LogP contribution in [0.25, 0.3) is 0 Å². The summed E-state index contributed by atoms with van der Waals surface area (Å²) in [6.07, 6.45) is 0. The van der Waals surface area contributed by atoms with Gasteiger partial charge in [-0.25, -0.2) is 0 Å². The summed E-state index contributed by atoms with van der Waals surface area (Å²) < 4.78 is 0. The smallest absolute Gasteiger partial charge is 0.158 e. The van der Waals surface area contributed by atoms with Crippen molar-refractivity contribution in [2.24, 2.45) is 0 Å². The Balaban J connectivity index is 3.44. The van der Waals surface area contributed by atoms with Crippen LogP contribution in [0.3, 0.4) is 0 Å². The van der Waals surface area contributed by atoms with Crippen LogP contribution < -0.4 is 10.8 Å². The summed E-state index contributed by atoms with van der Waals surface area (Å²) in [6, 6.07) is 3.93. The molecular weight excluding hydrogens is 190 g/mol. The molecule has 0 aromatic heterocycles. The van der Waals surface area contributed by atoms with E-state index >= 15 is 0 Å². The molecule has 0 saturated heterocycles. The van der Waals surface area contributed by atoms with E-state index in [0.29, 0.717) is 0 Å². The van der Waals surface area contributed by atoms with Crippen molar-refractivity contribution in [3.63, 3.8) is 0 Å². The molecule has 1 aromatic rings. The minimum absolute atomic E-state index is 0.758. The van der Waals surface area contributed by atoms with Gasteiger partial charge in [-0.3, -0.25) is 0 Å². The predicted molar refractivity (Wildman–Crippen MR) is 55.9 cm³/mol. The zero-order chi connectivity index (χ0) is 11.8. The van der Waals surface area contributed by atoms with Gasteiger partial charge < -0.3 is 15.6 Å². The van der Waals surface area contributed by atoms with Crippen LogP contribution in [-0.4, -0.2) is 5.97 Å². The second kappa shape index (κ2) is 3.66. The molecule has 3 nitrogen and oxygen atoms in total. The highest BCUT2D eigenvalue weighted by Crippen LogP contribution is 2.24. The summed E-state index contributed by atoms with van der Waals surface area (Å²) >= 11 is 0. The lowest BCUT2D eigenvalue weighted by Gasteiger charge is -2.26. The molecule has 1 atom stereocenters. The Morgan fingerprint density at radius 3 is 2.00 bits per heavy atom. The predicted octanol–water partition coefficient (Wildman–Crippen LogP) is -0.181. The second-order valence-corrected chi connectivity index (χ2v) is 4.39. The summed E-state index contributed by atoms with van der Waals surface area (Å²) in [5, 5.41) is 11.0. The lowest BCUT2D eigenvalue weighted by atomic mass is 9.85. The van der Waals surface area contributed by atoms with Gasteiger partial charge in [0.15, 0.2) is 5.54 Å². The van der Waals surface area contributed by atoms with Crippen molar-refractivity contribution < 1.29 is 15.6 Å². The van der Waals surface area contributed by atoms with E-state index in [1.54, 1.807) is 6.92 Å². The molecule has 1 aromatic carbocycles. The van der Waals surface area contributed by atoms with Gasteiger partial charge in [0.05, 0.1) is 0 Å². The Labute approximate surface area is 89.9 Å². The average molecular weight is 207 g/mol. The quantitative estimate of drug-likeness (QED) is 0.731. The number of hydrogen-bond donors (Lipinski definition) is 1. The molecule has 0 aliphatic carbocycles. The second-order valence-electron chi connectivity index (χ2n) is 4.39. The minimum atomic E-state index is -1.18. The standard InChI is InChI=1S/C12H17NO2/c1-7-5-8(2)10(9(3)6-7)12(4,13)11(14)15/h5-6H,13H2,1-4H3,(H,14,15)/t12-/m0/s1. The lowest BCUT2D eigenvalue weighted by molar-refractivity contribution is -0.489. The molecule has 3 N–H and O–H groups in total. The summed E-state index contributed by atoms with van der Waals surface area (Å²) in [5.74, 6) is -1.14. The number of aliphatic carboxylic acids is 1. The van der Waals surface area contributed by atoms with E-state index in [9.17, 15) is 9.90 Å². The number of carboxylic acids is 1. The molecule has 0 radical (unpaired) electrons. The number of aryl methyl sites for hydroxylation is 3. The Kier molecular flexibility index (Phi) is 2.86. The Morgan fingerprint density at radius 1 is 1.27 bits per heavy atom. The normalized spacial score (nSPS) is 14.7. The van der Waals surface area contributed by atoms with E-state index in [1.807, 2.05) is 32.9 Å². The van der Waals surface area contributed by atoms with Gasteiger partial charge in [0, 0.05) is 12.5 Å². The third-order valence-electron chi connectivity index (χ3n) is 2.68. The van der Waals surface area contributed by atoms with Crippen LogP contribution in [0.15, 0.2) is 12.1 Å². The number of rotatable bonds is 2. The minimum Gasteiger partial charge on any atom is -0.543 e. The third kappa shape index (κ3) is 2.02. The number of benzene rings is 1. The van der Waals surface area contributed by atoms with Crippen LogP contribution in [0, 0.1) is 20.8 Å². The summed E-state index contributed by atoms with van der Waals surface area (Å²) in [7, 11) is 0. The van der Waals surface area contributed by atoms with Gasteiger partial charge in [-0.15, -0.1) is 0 Å². The first-order valence-electron chi connectivity index (χ1n) is 4.92. The first kappa shape index (κ1) is 11.7. The number of carbonyl (C=O) groups excluding carboxylic acids is 1. The van der Waals surface area contributed by atoms with E-state index in [4.69, 9.17) is 0 Å². The third-order valence-corrected chi connectivity index (χ3v) is 2.68. The van der Waals surface area contributed by atoms with E-state index in [-0.39, 0.29) is 0 Å². The van der Waals surface area contributed by atoms with E-state index in [0.717, 1.165) is 22.3 Å². The van der Waals surface area contributed by atoms with Gasteiger partial charge in [-0.05, 0) is 31.9 Å². The summed E-state index contributed by atoms with van der Waals surface area (Å²) in [5.41, 5.74) is 6.34. The Morgan fingerprint density at radius 2 is 1.67 bits per heavy atom. The van der Waals surface area contributed by atoms with E-state index in [1.165, 1.54) is 0 Å². The Bertz CT molecular complexity index is 385. The topological polar surface area (TPSA) is 67.8 Å². The van der Waals surface area contributed by atoms with Crippen LogP contribution in [0.2, 0.25) is 0 Å². The van der Waals surface area contributed by atoms with Crippen molar-refractivity contribution in [1.82, 2.24) is 0 Å². The molecular formula is C12H17NO2. The fraction of sp³-hybridized carbons (Fsp3) is 0.417. The molecule has 0 bridgehead atoms. The van der Waals surface area contributed by atoms with Gasteiger partial charge in [0.2, 0.25) is 0 Å². The monoisotopic (exact) mass is 207 g/mol. The molecule has 0 heterocycles. The van der Waals surface area contributed by atoms with Crippen molar-refractivity contribution in [1.29, 1.82) is 0 Å². The largest absolute Gasteiger partial charge is 0.543 e. The van der Waals surface area contributed by atoms with Gasteiger partial charge >= 0.3 is 0 Å². The maximum Gasteiger partial charge on any atom is 0.158 e. The van der Waals surface area contributed by atoms with Crippen LogP contribution >= 0.6 is 0 Å². The van der Waals surface area contributed by atoms with Crippen LogP contribution in [0.4, 0.5) is 0 Å². The highest BCUT2D eigenvalue weighted by molar-refractivity contribution is 5.77.